The Labute approximate surface area is 140 Å². The van der Waals surface area contributed by atoms with Gasteiger partial charge < -0.3 is 9.52 Å². The molecule has 0 radical (unpaired) electrons. The van der Waals surface area contributed by atoms with Crippen molar-refractivity contribution in [3.63, 3.8) is 0 Å². The first kappa shape index (κ1) is 16.4. The van der Waals surface area contributed by atoms with E-state index in [0.717, 1.165) is 0 Å². The highest BCUT2D eigenvalue weighted by molar-refractivity contribution is 6.26. The van der Waals surface area contributed by atoms with Crippen molar-refractivity contribution in [2.75, 3.05) is 0 Å². The number of fused-ring (bicyclic) bond motifs is 1. The molecule has 24 heavy (non-hydrogen) atoms. The molecule has 0 unspecified atom stereocenters. The van der Waals surface area contributed by atoms with Crippen LogP contribution >= 0.6 is 0 Å². The van der Waals surface area contributed by atoms with E-state index in [2.05, 4.69) is 4.98 Å². The molecule has 1 fully saturated rings. The van der Waals surface area contributed by atoms with Crippen LogP contribution in [0.15, 0.2) is 22.1 Å². The number of oxazole rings is 1. The quantitative estimate of drug-likeness (QED) is 0.513. The number of benzene rings is 1. The molecule has 5 nitrogen and oxygen atoms in total. The molecule has 1 N–H and O–H groups in total. The van der Waals surface area contributed by atoms with Gasteiger partial charge in [-0.25, -0.2) is 4.98 Å². The molecule has 0 bridgehead atoms. The number of aryl methyl sites for hydroxylation is 2. The highest BCUT2D eigenvalue weighted by atomic mass is 16.3. The predicted octanol–water partition coefficient (Wildman–Crippen LogP) is 3.93. The summed E-state index contributed by atoms with van der Waals surface area (Å²) in [5, 5.41) is 10.6. The Balaban J connectivity index is 2.14. The summed E-state index contributed by atoms with van der Waals surface area (Å²) in [7, 11) is 0. The maximum atomic E-state index is 12.4. The summed E-state index contributed by atoms with van der Waals surface area (Å²) >= 11 is 0. The van der Waals surface area contributed by atoms with Gasteiger partial charge in [0, 0.05) is 24.8 Å². The number of aliphatic hydroxyl groups excluding tert-OH is 1. The van der Waals surface area contributed by atoms with Crippen LogP contribution in [0.1, 0.15) is 50.6 Å². The van der Waals surface area contributed by atoms with E-state index in [1.54, 1.807) is 19.1 Å². The zero-order valence-electron chi connectivity index (χ0n) is 14.4. The number of hydrogen-bond acceptors (Lipinski definition) is 5. The highest BCUT2D eigenvalue weighted by Crippen LogP contribution is 2.37. The summed E-state index contributed by atoms with van der Waals surface area (Å²) in [6, 6.07) is 3.38. The third kappa shape index (κ3) is 2.64. The Hall–Kier alpha value is -2.43. The Bertz CT molecular complexity index is 864. The van der Waals surface area contributed by atoms with Crippen LogP contribution in [0.25, 0.3) is 16.9 Å². The molecule has 5 heteroatoms. The standard InChI is InChI=1S/C19H21NO4/c1-5-15-20-17-10(2)11(6-7-14(17)24-15)18(23)16-12(21)8-19(3,4)9-13(16)22/h6-7,23H,5,8-9H2,1-4H3. The highest BCUT2D eigenvalue weighted by Gasteiger charge is 2.38. The Morgan fingerprint density at radius 1 is 1.25 bits per heavy atom. The van der Waals surface area contributed by atoms with Gasteiger partial charge in [-0.05, 0) is 30.0 Å². The molecule has 1 heterocycles. The predicted molar refractivity (Wildman–Crippen MR) is 90.7 cm³/mol. The monoisotopic (exact) mass is 327 g/mol. The van der Waals surface area contributed by atoms with E-state index >= 15 is 0 Å². The van der Waals surface area contributed by atoms with Crippen LogP contribution in [-0.2, 0) is 16.0 Å². The first-order valence-corrected chi connectivity index (χ1v) is 8.12. The number of aliphatic hydroxyl groups is 1. The molecule has 0 spiro atoms. The van der Waals surface area contributed by atoms with Gasteiger partial charge in [0.25, 0.3) is 0 Å². The smallest absolute Gasteiger partial charge is 0.195 e. The lowest BCUT2D eigenvalue weighted by atomic mass is 9.73. The van der Waals surface area contributed by atoms with Crippen LogP contribution in [0.4, 0.5) is 0 Å². The average molecular weight is 327 g/mol. The average Bonchev–Trinajstić information content (AvgIpc) is 2.89. The van der Waals surface area contributed by atoms with E-state index in [9.17, 15) is 14.7 Å². The molecular formula is C19H21NO4. The maximum Gasteiger partial charge on any atom is 0.195 e. The van der Waals surface area contributed by atoms with Crippen molar-refractivity contribution in [1.29, 1.82) is 0 Å². The van der Waals surface area contributed by atoms with E-state index in [1.165, 1.54) is 0 Å². The lowest BCUT2D eigenvalue weighted by Gasteiger charge is -2.29. The minimum absolute atomic E-state index is 0.0871. The third-order valence-corrected chi connectivity index (χ3v) is 4.49. The molecule has 1 aliphatic rings. The van der Waals surface area contributed by atoms with Crippen LogP contribution in [0.5, 0.6) is 0 Å². The number of carbonyl (C=O) groups is 2. The second-order valence-electron chi connectivity index (χ2n) is 7.13. The van der Waals surface area contributed by atoms with Crippen molar-refractivity contribution >= 4 is 28.4 Å². The van der Waals surface area contributed by atoms with Gasteiger partial charge in [-0.3, -0.25) is 9.59 Å². The number of nitrogens with zero attached hydrogens (tertiary/aromatic N) is 1. The van der Waals surface area contributed by atoms with Crippen molar-refractivity contribution in [1.82, 2.24) is 4.98 Å². The molecule has 1 aromatic carbocycles. The Morgan fingerprint density at radius 2 is 1.88 bits per heavy atom. The molecule has 3 rings (SSSR count). The maximum absolute atomic E-state index is 12.4. The third-order valence-electron chi connectivity index (χ3n) is 4.49. The van der Waals surface area contributed by atoms with Gasteiger partial charge in [0.05, 0.1) is 0 Å². The van der Waals surface area contributed by atoms with Crippen LogP contribution in [0.3, 0.4) is 0 Å². The van der Waals surface area contributed by atoms with E-state index in [4.69, 9.17) is 4.42 Å². The van der Waals surface area contributed by atoms with E-state index < -0.39 is 0 Å². The van der Waals surface area contributed by atoms with Gasteiger partial charge in [0.2, 0.25) is 0 Å². The molecule has 1 saturated carbocycles. The van der Waals surface area contributed by atoms with Gasteiger partial charge >= 0.3 is 0 Å². The minimum Gasteiger partial charge on any atom is -0.506 e. The fraction of sp³-hybridized carbons (Fsp3) is 0.421. The van der Waals surface area contributed by atoms with Crippen molar-refractivity contribution in [3.05, 3.63) is 34.7 Å². The fourth-order valence-electron chi connectivity index (χ4n) is 3.24. The summed E-state index contributed by atoms with van der Waals surface area (Å²) in [6.45, 7) is 7.52. The molecule has 0 saturated heterocycles. The number of aromatic nitrogens is 1. The number of allylic oxidation sites excluding steroid dienone is 1. The number of ketones is 2. The number of carbonyl (C=O) groups excluding carboxylic acids is 2. The Morgan fingerprint density at radius 3 is 2.46 bits per heavy atom. The number of hydrogen-bond donors (Lipinski definition) is 1. The van der Waals surface area contributed by atoms with Gasteiger partial charge in [0.1, 0.15) is 16.8 Å². The van der Waals surface area contributed by atoms with Crippen LogP contribution in [-0.4, -0.2) is 21.7 Å². The largest absolute Gasteiger partial charge is 0.506 e. The zero-order valence-corrected chi connectivity index (χ0v) is 14.4. The van der Waals surface area contributed by atoms with Crippen molar-refractivity contribution < 1.29 is 19.1 Å². The first-order valence-electron chi connectivity index (χ1n) is 8.12. The Kier molecular flexibility index (Phi) is 3.82. The lowest BCUT2D eigenvalue weighted by Crippen LogP contribution is -2.32. The van der Waals surface area contributed by atoms with Crippen LogP contribution in [0.2, 0.25) is 0 Å². The van der Waals surface area contributed by atoms with Gasteiger partial charge in [-0.2, -0.15) is 0 Å². The van der Waals surface area contributed by atoms with E-state index in [0.29, 0.717) is 34.5 Å². The summed E-state index contributed by atoms with van der Waals surface area (Å²) in [6.07, 6.45) is 1.18. The minimum atomic E-state index is -0.362. The van der Waals surface area contributed by atoms with Crippen molar-refractivity contribution in [3.8, 4) is 0 Å². The molecule has 2 aromatic rings. The second kappa shape index (κ2) is 5.58. The molecule has 0 aliphatic heterocycles. The summed E-state index contributed by atoms with van der Waals surface area (Å²) in [5.41, 5.74) is 1.98. The SMILES string of the molecule is CCc1nc2c(C)c(C(O)=C3C(=O)CC(C)(C)CC3=O)ccc2o1. The second-order valence-corrected chi connectivity index (χ2v) is 7.13. The van der Waals surface area contributed by atoms with Crippen molar-refractivity contribution in [2.45, 2.75) is 47.0 Å². The van der Waals surface area contributed by atoms with E-state index in [-0.39, 0.29) is 41.2 Å². The molecule has 0 amide bonds. The molecule has 0 atom stereocenters. The van der Waals surface area contributed by atoms with Crippen molar-refractivity contribution in [2.24, 2.45) is 5.41 Å². The lowest BCUT2D eigenvalue weighted by molar-refractivity contribution is -0.127. The van der Waals surface area contributed by atoms with E-state index in [1.807, 2.05) is 20.8 Å². The molecular weight excluding hydrogens is 306 g/mol. The van der Waals surface area contributed by atoms with Crippen LogP contribution in [0, 0.1) is 12.3 Å². The number of rotatable bonds is 2. The molecule has 1 aromatic heterocycles. The first-order chi connectivity index (χ1) is 11.2. The fourth-order valence-corrected chi connectivity index (χ4v) is 3.24. The summed E-state index contributed by atoms with van der Waals surface area (Å²) in [4.78, 5) is 29.2. The van der Waals surface area contributed by atoms with Gasteiger partial charge in [-0.1, -0.05) is 20.8 Å². The topological polar surface area (TPSA) is 80.4 Å². The normalized spacial score (nSPS) is 17.6. The molecule has 1 aliphatic carbocycles. The summed E-state index contributed by atoms with van der Waals surface area (Å²) < 4.78 is 5.61. The van der Waals surface area contributed by atoms with Gasteiger partial charge in [0.15, 0.2) is 23.0 Å². The summed E-state index contributed by atoms with van der Waals surface area (Å²) in [5.74, 6) is -0.241. The van der Waals surface area contributed by atoms with Gasteiger partial charge in [-0.15, -0.1) is 0 Å². The zero-order chi connectivity index (χ0) is 17.6. The molecule has 126 valence electrons. The van der Waals surface area contributed by atoms with Crippen LogP contribution < -0.4 is 0 Å². The number of Topliss-reactive ketones (excluding diaryl/α,β-unsaturated/α-hetero) is 2.